The summed E-state index contributed by atoms with van der Waals surface area (Å²) in [6, 6.07) is 5.76. The van der Waals surface area contributed by atoms with E-state index in [-0.39, 0.29) is 16.6 Å². The summed E-state index contributed by atoms with van der Waals surface area (Å²) in [5.41, 5.74) is -2.17. The lowest BCUT2D eigenvalue weighted by atomic mass is 10.1. The topological polar surface area (TPSA) is 95.8 Å². The molecule has 0 heterocycles. The zero-order valence-electron chi connectivity index (χ0n) is 13.9. The smallest absolute Gasteiger partial charge is 0.439 e. The highest BCUT2D eigenvalue weighted by Crippen LogP contribution is 2.36. The molecule has 0 radical (unpaired) electrons. The van der Waals surface area contributed by atoms with Crippen LogP contribution in [0.2, 0.25) is 5.02 Å². The van der Waals surface area contributed by atoms with Gasteiger partial charge in [0.25, 0.3) is 5.91 Å². The van der Waals surface area contributed by atoms with Crippen molar-refractivity contribution in [3.63, 3.8) is 0 Å². The van der Waals surface area contributed by atoms with Crippen molar-refractivity contribution in [2.45, 2.75) is 11.1 Å². The molecular formula is C16H11ClF4N2O4S. The Morgan fingerprint density at radius 3 is 2.43 bits per heavy atom. The first-order chi connectivity index (χ1) is 12.8. The lowest BCUT2D eigenvalue weighted by Gasteiger charge is -2.12. The minimum absolute atomic E-state index is 0.00640. The van der Waals surface area contributed by atoms with Crippen LogP contribution in [-0.2, 0) is 15.9 Å². The highest BCUT2D eigenvalue weighted by molar-refractivity contribution is 7.93. The quantitative estimate of drug-likeness (QED) is 0.667. The van der Waals surface area contributed by atoms with Gasteiger partial charge < -0.3 is 10.4 Å². The third-order valence-electron chi connectivity index (χ3n) is 3.39. The predicted octanol–water partition coefficient (Wildman–Crippen LogP) is 4.88. The van der Waals surface area contributed by atoms with Gasteiger partial charge in [-0.05, 0) is 30.3 Å². The molecule has 0 bridgehead atoms. The number of rotatable bonds is 3. The van der Waals surface area contributed by atoms with Crippen LogP contribution in [0.3, 0.4) is 0 Å². The number of nitrogens with zero attached hydrogens (tertiary/aromatic N) is 1. The van der Waals surface area contributed by atoms with E-state index in [4.69, 9.17) is 16.7 Å². The third-order valence-corrected chi connectivity index (χ3v) is 5.33. The summed E-state index contributed by atoms with van der Waals surface area (Å²) in [7, 11) is -3.32. The van der Waals surface area contributed by atoms with Crippen molar-refractivity contribution in [1.29, 1.82) is 0 Å². The number of hydrogen-bond acceptors (Lipinski definition) is 3. The highest BCUT2D eigenvalue weighted by atomic mass is 35.5. The van der Waals surface area contributed by atoms with Crippen LogP contribution in [0.1, 0.15) is 15.9 Å². The molecule has 12 heteroatoms. The van der Waals surface area contributed by atoms with Crippen LogP contribution in [0.25, 0.3) is 0 Å². The Morgan fingerprint density at radius 2 is 1.86 bits per heavy atom. The fourth-order valence-corrected chi connectivity index (χ4v) is 3.50. The molecule has 0 saturated heterocycles. The highest BCUT2D eigenvalue weighted by Gasteiger charge is 2.34. The number of amides is 2. The minimum Gasteiger partial charge on any atom is -0.463 e. The number of carbonyl (C=O) groups excluding carboxylic acids is 1. The summed E-state index contributed by atoms with van der Waals surface area (Å²) in [6.45, 7) is 0. The second-order valence-electron chi connectivity index (χ2n) is 5.47. The predicted molar refractivity (Wildman–Crippen MR) is 93.6 cm³/mol. The van der Waals surface area contributed by atoms with Crippen LogP contribution in [0.5, 0.6) is 0 Å². The average Bonchev–Trinajstić information content (AvgIpc) is 2.54. The van der Waals surface area contributed by atoms with Gasteiger partial charge in [0, 0.05) is 16.8 Å². The van der Waals surface area contributed by atoms with E-state index in [1.807, 2.05) is 0 Å². The summed E-state index contributed by atoms with van der Waals surface area (Å²) in [5.74, 6) is -2.55. The summed E-state index contributed by atoms with van der Waals surface area (Å²) < 4.78 is 67.5. The van der Waals surface area contributed by atoms with Gasteiger partial charge in [-0.15, -0.1) is 4.36 Å². The van der Waals surface area contributed by atoms with E-state index in [2.05, 4.69) is 9.68 Å². The van der Waals surface area contributed by atoms with Crippen molar-refractivity contribution in [3.8, 4) is 0 Å². The summed E-state index contributed by atoms with van der Waals surface area (Å²) in [6.07, 6.45) is -5.48. The van der Waals surface area contributed by atoms with Gasteiger partial charge in [-0.1, -0.05) is 17.7 Å². The van der Waals surface area contributed by atoms with Crippen LogP contribution < -0.4 is 5.32 Å². The Bertz CT molecular complexity index is 1080. The first-order valence-corrected chi connectivity index (χ1v) is 9.54. The Kier molecular flexibility index (Phi) is 6.00. The van der Waals surface area contributed by atoms with Crippen LogP contribution in [0.15, 0.2) is 45.7 Å². The lowest BCUT2D eigenvalue weighted by molar-refractivity contribution is -0.137. The molecular weight excluding hydrogens is 428 g/mol. The molecule has 28 heavy (non-hydrogen) atoms. The summed E-state index contributed by atoms with van der Waals surface area (Å²) in [5, 5.41) is 10.0. The molecule has 0 spiro atoms. The van der Waals surface area contributed by atoms with E-state index in [1.54, 1.807) is 0 Å². The Labute approximate surface area is 161 Å². The van der Waals surface area contributed by atoms with Crippen molar-refractivity contribution < 1.29 is 36.5 Å². The molecule has 0 fully saturated rings. The Balaban J connectivity index is 2.37. The number of carboxylic acid groups (broad SMARTS) is 1. The summed E-state index contributed by atoms with van der Waals surface area (Å²) in [4.78, 5) is 22.8. The molecule has 0 aliphatic carbocycles. The molecule has 0 aliphatic heterocycles. The van der Waals surface area contributed by atoms with Crippen LogP contribution in [0.4, 0.5) is 28.0 Å². The molecule has 0 aromatic heterocycles. The third kappa shape index (κ3) is 4.98. The minimum atomic E-state index is -4.89. The molecule has 2 aromatic rings. The number of nitrogens with one attached hydrogen (secondary N) is 1. The van der Waals surface area contributed by atoms with E-state index in [0.717, 1.165) is 12.3 Å². The van der Waals surface area contributed by atoms with E-state index in [0.29, 0.717) is 6.07 Å². The number of anilines is 1. The number of alkyl halides is 3. The fraction of sp³-hybridized carbons (Fsp3) is 0.125. The number of hydrogen-bond donors (Lipinski definition) is 2. The van der Waals surface area contributed by atoms with Crippen LogP contribution >= 0.6 is 11.6 Å². The molecule has 2 N–H and O–H groups in total. The van der Waals surface area contributed by atoms with E-state index in [1.165, 1.54) is 18.2 Å². The van der Waals surface area contributed by atoms with Gasteiger partial charge >= 0.3 is 12.3 Å². The van der Waals surface area contributed by atoms with Gasteiger partial charge in [0.2, 0.25) is 0 Å². The van der Waals surface area contributed by atoms with E-state index in [9.17, 15) is 31.4 Å². The maximum Gasteiger partial charge on any atom is 0.439 e. The van der Waals surface area contributed by atoms with Gasteiger partial charge in [0.15, 0.2) is 0 Å². The standard InChI is InChI=1S/C16H11ClF4N2O4S/c1-28(27,23-15(25)26)9-4-2-3-8(5-9)22-14(24)10-6-12(17)11(7-13(10)18)16(19,20)21/h2-7H,1H3,(H,22,24)(H,25,26). The lowest BCUT2D eigenvalue weighted by Crippen LogP contribution is -2.16. The molecule has 2 amide bonds. The molecule has 1 unspecified atom stereocenters. The maximum atomic E-state index is 14.0. The first-order valence-electron chi connectivity index (χ1n) is 7.24. The van der Waals surface area contributed by atoms with Gasteiger partial charge in [0.1, 0.15) is 5.82 Å². The van der Waals surface area contributed by atoms with Crippen LogP contribution in [-0.4, -0.2) is 27.6 Å². The monoisotopic (exact) mass is 438 g/mol. The molecule has 1 atom stereocenters. The zero-order chi connectivity index (χ0) is 21.3. The van der Waals surface area contributed by atoms with Crippen molar-refractivity contribution in [3.05, 3.63) is 58.4 Å². The number of benzene rings is 2. The second kappa shape index (κ2) is 7.76. The molecule has 0 saturated carbocycles. The SMILES string of the molecule is CS(=O)(=NC(=O)O)c1cccc(NC(=O)c2cc(Cl)c(C(F)(F)F)cc2F)c1. The summed E-state index contributed by atoms with van der Waals surface area (Å²) >= 11 is 5.49. The molecule has 0 aliphatic rings. The number of halogens is 5. The van der Waals surface area contributed by atoms with Crippen molar-refractivity contribution in [2.75, 3.05) is 11.6 Å². The average molecular weight is 439 g/mol. The molecule has 2 rings (SSSR count). The second-order valence-corrected chi connectivity index (χ2v) is 8.13. The van der Waals surface area contributed by atoms with E-state index < -0.39 is 49.9 Å². The molecule has 150 valence electrons. The normalized spacial score (nSPS) is 13.5. The Hall–Kier alpha value is -2.66. The zero-order valence-corrected chi connectivity index (χ0v) is 15.5. The van der Waals surface area contributed by atoms with Gasteiger partial charge in [-0.25, -0.2) is 13.4 Å². The van der Waals surface area contributed by atoms with Crippen molar-refractivity contribution in [2.24, 2.45) is 4.36 Å². The molecule has 2 aromatic carbocycles. The number of carbonyl (C=O) groups is 2. The van der Waals surface area contributed by atoms with E-state index >= 15 is 0 Å². The maximum absolute atomic E-state index is 14.0. The van der Waals surface area contributed by atoms with Gasteiger partial charge in [-0.2, -0.15) is 13.2 Å². The largest absolute Gasteiger partial charge is 0.463 e. The van der Waals surface area contributed by atoms with Crippen molar-refractivity contribution in [1.82, 2.24) is 0 Å². The Morgan fingerprint density at radius 1 is 1.21 bits per heavy atom. The fourth-order valence-electron chi connectivity index (χ4n) is 2.15. The van der Waals surface area contributed by atoms with Crippen LogP contribution in [0, 0.1) is 5.82 Å². The molecule has 6 nitrogen and oxygen atoms in total. The van der Waals surface area contributed by atoms with Gasteiger partial charge in [0.05, 0.1) is 25.9 Å². The van der Waals surface area contributed by atoms with Crippen molar-refractivity contribution >= 4 is 39.0 Å². The first kappa shape index (κ1) is 21.6. The van der Waals surface area contributed by atoms with Gasteiger partial charge in [-0.3, -0.25) is 4.79 Å².